The molecule has 1 N–H and O–H groups in total. The van der Waals surface area contributed by atoms with Gasteiger partial charge in [-0.3, -0.25) is 4.79 Å². The number of carbonyl (C=O) groups excluding carboxylic acids is 1. The van der Waals surface area contributed by atoms with E-state index in [1.165, 1.54) is 24.3 Å². The van der Waals surface area contributed by atoms with E-state index in [1.807, 2.05) is 0 Å². The van der Waals surface area contributed by atoms with Crippen LogP contribution in [0.4, 0.5) is 14.5 Å². The second-order valence-corrected chi connectivity index (χ2v) is 5.75. The number of hydrogen-bond donors (Lipinski definition) is 1. The summed E-state index contributed by atoms with van der Waals surface area (Å²) in [7, 11) is 0. The molecule has 1 aliphatic rings. The van der Waals surface area contributed by atoms with Crippen molar-refractivity contribution in [3.8, 4) is 0 Å². The molecule has 0 aliphatic carbocycles. The fourth-order valence-corrected chi connectivity index (χ4v) is 2.87. The summed E-state index contributed by atoms with van der Waals surface area (Å²) < 4.78 is 26.2. The molecule has 1 aliphatic heterocycles. The van der Waals surface area contributed by atoms with E-state index < -0.39 is 5.82 Å². The molecule has 1 atom stereocenters. The molecule has 1 heterocycles. The summed E-state index contributed by atoms with van der Waals surface area (Å²) in [6, 6.07) is 12.0. The number of piperidine rings is 1. The highest BCUT2D eigenvalue weighted by Crippen LogP contribution is 2.18. The fourth-order valence-electron chi connectivity index (χ4n) is 2.87. The van der Waals surface area contributed by atoms with Gasteiger partial charge in [0.1, 0.15) is 11.6 Å². The number of hydrogen-bond acceptors (Lipinski definition) is 2. The van der Waals surface area contributed by atoms with Crippen molar-refractivity contribution in [2.45, 2.75) is 18.9 Å². The predicted molar refractivity (Wildman–Crippen MR) is 85.3 cm³/mol. The maximum absolute atomic E-state index is 13.3. The topological polar surface area (TPSA) is 32.3 Å². The van der Waals surface area contributed by atoms with Crippen LogP contribution in [0.5, 0.6) is 0 Å². The lowest BCUT2D eigenvalue weighted by molar-refractivity contribution is 0.0714. The first-order valence-electron chi connectivity index (χ1n) is 7.69. The lowest BCUT2D eigenvalue weighted by Gasteiger charge is -2.33. The largest absolute Gasteiger partial charge is 0.381 e. The van der Waals surface area contributed by atoms with Crippen molar-refractivity contribution in [3.05, 3.63) is 65.7 Å². The third-order valence-electron chi connectivity index (χ3n) is 4.00. The van der Waals surface area contributed by atoms with Crippen molar-refractivity contribution in [2.24, 2.45) is 0 Å². The molecular weight excluding hydrogens is 298 g/mol. The highest BCUT2D eigenvalue weighted by Gasteiger charge is 2.24. The van der Waals surface area contributed by atoms with Gasteiger partial charge in [0.25, 0.3) is 5.91 Å². The molecule has 0 saturated carbocycles. The third-order valence-corrected chi connectivity index (χ3v) is 4.00. The second-order valence-electron chi connectivity index (χ2n) is 5.75. The number of benzene rings is 2. The average Bonchev–Trinajstić information content (AvgIpc) is 2.56. The quantitative estimate of drug-likeness (QED) is 0.937. The van der Waals surface area contributed by atoms with E-state index in [2.05, 4.69) is 5.32 Å². The van der Waals surface area contributed by atoms with Gasteiger partial charge in [0.05, 0.1) is 0 Å². The highest BCUT2D eigenvalue weighted by molar-refractivity contribution is 5.94. The van der Waals surface area contributed by atoms with Gasteiger partial charge < -0.3 is 10.2 Å². The second kappa shape index (κ2) is 6.77. The first kappa shape index (κ1) is 15.5. The predicted octanol–water partition coefficient (Wildman–Crippen LogP) is 3.68. The molecule has 3 rings (SSSR count). The van der Waals surface area contributed by atoms with Crippen LogP contribution in [0.25, 0.3) is 0 Å². The molecule has 5 heteroatoms. The summed E-state index contributed by atoms with van der Waals surface area (Å²) in [6.07, 6.45) is 1.81. The van der Waals surface area contributed by atoms with E-state index in [9.17, 15) is 13.6 Å². The minimum absolute atomic E-state index is 0.103. The van der Waals surface area contributed by atoms with Gasteiger partial charge in [-0.25, -0.2) is 8.78 Å². The molecule has 0 bridgehead atoms. The Balaban J connectivity index is 1.66. The van der Waals surface area contributed by atoms with Crippen LogP contribution in [0.2, 0.25) is 0 Å². The SMILES string of the molecule is O=C(c1cccc(F)c1)N1CCC[C@@H](Nc2ccc(F)cc2)C1. The van der Waals surface area contributed by atoms with Gasteiger partial charge in [-0.15, -0.1) is 0 Å². The molecule has 1 fully saturated rings. The Hall–Kier alpha value is -2.43. The molecule has 23 heavy (non-hydrogen) atoms. The third kappa shape index (κ3) is 3.86. The number of nitrogens with one attached hydrogen (secondary N) is 1. The van der Waals surface area contributed by atoms with Crippen LogP contribution in [0, 0.1) is 11.6 Å². The summed E-state index contributed by atoms with van der Waals surface area (Å²) in [6.45, 7) is 1.21. The van der Waals surface area contributed by atoms with Crippen LogP contribution in [-0.2, 0) is 0 Å². The van der Waals surface area contributed by atoms with Crippen molar-refractivity contribution < 1.29 is 13.6 Å². The maximum Gasteiger partial charge on any atom is 0.254 e. The smallest absolute Gasteiger partial charge is 0.254 e. The zero-order valence-corrected chi connectivity index (χ0v) is 12.6. The first-order chi connectivity index (χ1) is 11.1. The Kier molecular flexibility index (Phi) is 4.55. The normalized spacial score (nSPS) is 17.8. The van der Waals surface area contributed by atoms with Crippen molar-refractivity contribution in [3.63, 3.8) is 0 Å². The molecule has 1 amide bonds. The molecule has 0 spiro atoms. The molecule has 2 aromatic rings. The molecule has 0 aromatic heterocycles. The number of anilines is 1. The Morgan fingerprint density at radius 3 is 2.61 bits per heavy atom. The Morgan fingerprint density at radius 1 is 1.09 bits per heavy atom. The van der Waals surface area contributed by atoms with Gasteiger partial charge in [0, 0.05) is 30.4 Å². The van der Waals surface area contributed by atoms with Crippen molar-refractivity contribution >= 4 is 11.6 Å². The standard InChI is InChI=1S/C18H18F2N2O/c19-14-6-8-16(9-7-14)21-17-5-2-10-22(12-17)18(23)13-3-1-4-15(20)11-13/h1,3-4,6-9,11,17,21H,2,5,10,12H2/t17-/m1/s1. The van der Waals surface area contributed by atoms with Gasteiger partial charge in [-0.2, -0.15) is 0 Å². The van der Waals surface area contributed by atoms with E-state index >= 15 is 0 Å². The van der Waals surface area contributed by atoms with Gasteiger partial charge in [0.15, 0.2) is 0 Å². The van der Waals surface area contributed by atoms with Crippen molar-refractivity contribution in [1.82, 2.24) is 4.90 Å². The highest BCUT2D eigenvalue weighted by atomic mass is 19.1. The Labute approximate surface area is 133 Å². The molecule has 1 saturated heterocycles. The van der Waals surface area contributed by atoms with Gasteiger partial charge in [0.2, 0.25) is 0 Å². The zero-order valence-electron chi connectivity index (χ0n) is 12.6. The van der Waals surface area contributed by atoms with E-state index in [4.69, 9.17) is 0 Å². The summed E-state index contributed by atoms with van der Waals surface area (Å²) >= 11 is 0. The van der Waals surface area contributed by atoms with E-state index in [-0.39, 0.29) is 17.8 Å². The summed E-state index contributed by atoms with van der Waals surface area (Å²) in [5.41, 5.74) is 1.20. The van der Waals surface area contributed by atoms with E-state index in [1.54, 1.807) is 29.2 Å². The van der Waals surface area contributed by atoms with Crippen LogP contribution in [0.3, 0.4) is 0 Å². The molecule has 3 nitrogen and oxygen atoms in total. The summed E-state index contributed by atoms with van der Waals surface area (Å²) in [5.74, 6) is -0.842. The van der Waals surface area contributed by atoms with E-state index in [0.717, 1.165) is 18.5 Å². The Morgan fingerprint density at radius 2 is 1.87 bits per heavy atom. The first-order valence-corrected chi connectivity index (χ1v) is 7.69. The van der Waals surface area contributed by atoms with Crippen LogP contribution >= 0.6 is 0 Å². The summed E-state index contributed by atoms with van der Waals surface area (Å²) in [4.78, 5) is 14.2. The fraction of sp³-hybridized carbons (Fsp3) is 0.278. The lowest BCUT2D eigenvalue weighted by Crippen LogP contribution is -2.45. The summed E-state index contributed by atoms with van der Waals surface area (Å²) in [5, 5.41) is 3.32. The van der Waals surface area contributed by atoms with Gasteiger partial charge in [-0.1, -0.05) is 6.07 Å². The molecule has 120 valence electrons. The van der Waals surface area contributed by atoms with Crippen LogP contribution in [-0.4, -0.2) is 29.9 Å². The number of halogens is 2. The van der Waals surface area contributed by atoms with Crippen LogP contribution in [0.15, 0.2) is 48.5 Å². The minimum atomic E-state index is -0.408. The minimum Gasteiger partial charge on any atom is -0.381 e. The molecule has 0 unspecified atom stereocenters. The molecule has 2 aromatic carbocycles. The average molecular weight is 316 g/mol. The van der Waals surface area contributed by atoms with Crippen molar-refractivity contribution in [1.29, 1.82) is 0 Å². The monoisotopic (exact) mass is 316 g/mol. The molecular formula is C18H18F2N2O. The van der Waals surface area contributed by atoms with Gasteiger partial charge in [-0.05, 0) is 55.3 Å². The van der Waals surface area contributed by atoms with E-state index in [0.29, 0.717) is 18.7 Å². The number of nitrogens with zero attached hydrogens (tertiary/aromatic N) is 1. The zero-order chi connectivity index (χ0) is 16.2. The lowest BCUT2D eigenvalue weighted by atomic mass is 10.0. The number of amides is 1. The van der Waals surface area contributed by atoms with Crippen molar-refractivity contribution in [2.75, 3.05) is 18.4 Å². The van der Waals surface area contributed by atoms with Gasteiger partial charge >= 0.3 is 0 Å². The number of carbonyl (C=O) groups is 1. The number of likely N-dealkylation sites (tertiary alicyclic amines) is 1. The Bertz CT molecular complexity index is 688. The number of rotatable bonds is 3. The van der Waals surface area contributed by atoms with Crippen LogP contribution in [0.1, 0.15) is 23.2 Å². The van der Waals surface area contributed by atoms with Crippen LogP contribution < -0.4 is 5.32 Å². The molecule has 0 radical (unpaired) electrons. The maximum atomic E-state index is 13.3.